The minimum Gasteiger partial charge on any atom is -0.393 e. The number of aliphatic hydroxyl groups excluding tert-OH is 2. The molecule has 1 spiro atoms. The van der Waals surface area contributed by atoms with Gasteiger partial charge in [-0.25, -0.2) is 0 Å². The van der Waals surface area contributed by atoms with E-state index in [1.165, 1.54) is 0 Å². The fourth-order valence-electron chi connectivity index (χ4n) is 5.67. The molecule has 0 unspecified atom stereocenters. The molecule has 0 aromatic rings. The fourth-order valence-corrected chi connectivity index (χ4v) is 5.67. The third-order valence-electron chi connectivity index (χ3n) is 7.52. The Hall–Kier alpha value is -1.67. The number of rotatable bonds is 1. The minimum atomic E-state index is -1.90. The van der Waals surface area contributed by atoms with Crippen LogP contribution >= 0.6 is 0 Å². The molecule has 0 amide bonds. The predicted octanol–water partition coefficient (Wildman–Crippen LogP) is 1.50. The molecule has 30 heavy (non-hydrogen) atoms. The molecule has 0 aromatic heterocycles. The van der Waals surface area contributed by atoms with Crippen LogP contribution in [0, 0.1) is 17.3 Å². The number of hydrogen-bond acceptors (Lipinski definition) is 7. The van der Waals surface area contributed by atoms with Crippen LogP contribution in [-0.4, -0.2) is 63.2 Å². The average Bonchev–Trinajstić information content (AvgIpc) is 3.13. The summed E-state index contributed by atoms with van der Waals surface area (Å²) in [6.45, 7) is 6.12. The lowest BCUT2D eigenvalue weighted by molar-refractivity contribution is -0.250. The van der Waals surface area contributed by atoms with Gasteiger partial charge in [0.2, 0.25) is 0 Å². The quantitative estimate of drug-likeness (QED) is 0.595. The smallest absolute Gasteiger partial charge is 0.190 e. The van der Waals surface area contributed by atoms with Gasteiger partial charge in [-0.3, -0.25) is 14.6 Å². The summed E-state index contributed by atoms with van der Waals surface area (Å²) in [4.78, 5) is 31.1. The van der Waals surface area contributed by atoms with Gasteiger partial charge in [0.05, 0.1) is 18.2 Å². The van der Waals surface area contributed by atoms with E-state index in [2.05, 4.69) is 11.6 Å². The molecule has 0 saturated carbocycles. The molecule has 3 N–H and O–H groups in total. The highest BCUT2D eigenvalue weighted by Gasteiger charge is 2.57. The monoisotopic (exact) mass is 417 g/mol. The van der Waals surface area contributed by atoms with Gasteiger partial charge in [0.15, 0.2) is 17.4 Å². The Balaban J connectivity index is 1.85. The van der Waals surface area contributed by atoms with Crippen LogP contribution in [0.5, 0.6) is 0 Å². The number of allylic oxidation sites excluding steroid dienone is 2. The van der Waals surface area contributed by atoms with E-state index in [-0.39, 0.29) is 37.4 Å². The molecule has 1 aliphatic carbocycles. The summed E-state index contributed by atoms with van der Waals surface area (Å²) < 4.78 is 6.04. The molecule has 0 aromatic carbocycles. The topological polar surface area (TPSA) is 116 Å². The van der Waals surface area contributed by atoms with Gasteiger partial charge in [0, 0.05) is 24.3 Å². The van der Waals surface area contributed by atoms with E-state index in [1.807, 2.05) is 6.08 Å². The standard InChI is InChI=1S/C23H31NO6/c1-3-14-4-6-22-8-9-24-21(22)18(27)12-23(29)7-5-16(25)13(2)10-17(26)19(28)20(30-23)15(22)11-14/h3,11,13,15-17,20,25-26,29H,1,4-10,12H2,2H3/t13-,15+,16-,17+,20-,22+,23+/m0/s1. The third-order valence-corrected chi connectivity index (χ3v) is 7.52. The summed E-state index contributed by atoms with van der Waals surface area (Å²) in [5.41, 5.74) is 0.771. The molecule has 3 aliphatic heterocycles. The summed E-state index contributed by atoms with van der Waals surface area (Å²) in [6.07, 6.45) is 2.48. The Morgan fingerprint density at radius 1 is 1.27 bits per heavy atom. The second-order valence-electron chi connectivity index (χ2n) is 9.43. The molecule has 2 saturated heterocycles. The van der Waals surface area contributed by atoms with Crippen molar-refractivity contribution in [2.45, 2.75) is 76.0 Å². The van der Waals surface area contributed by atoms with Crippen LogP contribution in [0.15, 0.2) is 29.3 Å². The van der Waals surface area contributed by atoms with Crippen LogP contribution in [0.25, 0.3) is 0 Å². The van der Waals surface area contributed by atoms with Crippen molar-refractivity contribution in [1.82, 2.24) is 0 Å². The Morgan fingerprint density at radius 3 is 2.77 bits per heavy atom. The first kappa shape index (κ1) is 21.6. The summed E-state index contributed by atoms with van der Waals surface area (Å²) in [5, 5.41) is 32.3. The molecule has 2 fully saturated rings. The number of aliphatic hydroxyl groups is 3. The Labute approximate surface area is 176 Å². The zero-order chi connectivity index (χ0) is 21.7. The van der Waals surface area contributed by atoms with Gasteiger partial charge in [0.25, 0.3) is 0 Å². The van der Waals surface area contributed by atoms with Crippen LogP contribution in [0.2, 0.25) is 0 Å². The number of Topliss-reactive ketones (excluding diaryl/α,β-unsaturated/α-hetero) is 2. The van der Waals surface area contributed by atoms with Gasteiger partial charge in [-0.2, -0.15) is 0 Å². The van der Waals surface area contributed by atoms with E-state index in [4.69, 9.17) is 4.74 Å². The fraction of sp³-hybridized carbons (Fsp3) is 0.696. The summed E-state index contributed by atoms with van der Waals surface area (Å²) in [6, 6.07) is 0. The molecule has 4 aliphatic rings. The van der Waals surface area contributed by atoms with Crippen LogP contribution < -0.4 is 0 Å². The highest BCUT2D eigenvalue weighted by Crippen LogP contribution is 2.52. The van der Waals surface area contributed by atoms with E-state index in [0.29, 0.717) is 25.1 Å². The Bertz CT molecular complexity index is 819. The zero-order valence-electron chi connectivity index (χ0n) is 17.4. The number of ketones is 2. The van der Waals surface area contributed by atoms with Gasteiger partial charge in [-0.05, 0) is 38.0 Å². The van der Waals surface area contributed by atoms with Crippen molar-refractivity contribution in [3.05, 3.63) is 24.3 Å². The van der Waals surface area contributed by atoms with Crippen molar-refractivity contribution in [2.75, 3.05) is 6.54 Å². The number of hydrogen-bond donors (Lipinski definition) is 3. The molecule has 7 heteroatoms. The van der Waals surface area contributed by atoms with Crippen molar-refractivity contribution in [1.29, 1.82) is 0 Å². The maximum atomic E-state index is 13.4. The van der Waals surface area contributed by atoms with Crippen molar-refractivity contribution in [3.8, 4) is 0 Å². The molecule has 4 rings (SSSR count). The molecule has 7 atom stereocenters. The second kappa shape index (κ2) is 7.79. The Morgan fingerprint density at radius 2 is 2.03 bits per heavy atom. The lowest BCUT2D eigenvalue weighted by atomic mass is 9.59. The van der Waals surface area contributed by atoms with Gasteiger partial charge >= 0.3 is 0 Å². The van der Waals surface area contributed by atoms with Crippen molar-refractivity contribution in [2.24, 2.45) is 22.2 Å². The SMILES string of the molecule is C=CC1=C[C@@H]2[C@@H]3O[C@](O)(CC[C@H](O)[C@@H](C)C[C@@H](O)C3=O)CC(=O)C3=NCC[C@@]32CC1. The molecular formula is C23H31NO6. The molecule has 7 nitrogen and oxygen atoms in total. The largest absolute Gasteiger partial charge is 0.393 e. The number of carbonyl (C=O) groups is 2. The highest BCUT2D eigenvalue weighted by molar-refractivity contribution is 6.42. The van der Waals surface area contributed by atoms with E-state index < -0.39 is 41.2 Å². The van der Waals surface area contributed by atoms with E-state index >= 15 is 0 Å². The summed E-state index contributed by atoms with van der Waals surface area (Å²) >= 11 is 0. The number of fused-ring (bicyclic) bond motifs is 3. The first-order valence-corrected chi connectivity index (χ1v) is 10.9. The molecule has 164 valence electrons. The molecular weight excluding hydrogens is 386 g/mol. The van der Waals surface area contributed by atoms with Gasteiger partial charge < -0.3 is 20.1 Å². The molecule has 3 heterocycles. The maximum Gasteiger partial charge on any atom is 0.190 e. The van der Waals surface area contributed by atoms with Crippen molar-refractivity contribution >= 4 is 17.3 Å². The van der Waals surface area contributed by atoms with E-state index in [1.54, 1.807) is 13.0 Å². The van der Waals surface area contributed by atoms with Crippen LogP contribution in [-0.2, 0) is 14.3 Å². The molecule has 0 radical (unpaired) electrons. The number of ether oxygens (including phenoxy) is 1. The zero-order valence-corrected chi connectivity index (χ0v) is 17.4. The Kier molecular flexibility index (Phi) is 5.60. The number of carbonyl (C=O) groups excluding carboxylic acids is 2. The van der Waals surface area contributed by atoms with Crippen LogP contribution in [0.3, 0.4) is 0 Å². The summed E-state index contributed by atoms with van der Waals surface area (Å²) in [7, 11) is 0. The number of aliphatic imine (C=N–C) groups is 1. The molecule has 2 bridgehead atoms. The van der Waals surface area contributed by atoms with E-state index in [9.17, 15) is 24.9 Å². The summed E-state index contributed by atoms with van der Waals surface area (Å²) in [5.74, 6) is -3.51. The highest BCUT2D eigenvalue weighted by atomic mass is 16.6. The lowest BCUT2D eigenvalue weighted by Crippen LogP contribution is -2.58. The van der Waals surface area contributed by atoms with Crippen LogP contribution in [0.1, 0.15) is 51.9 Å². The van der Waals surface area contributed by atoms with Crippen LogP contribution in [0.4, 0.5) is 0 Å². The minimum absolute atomic E-state index is 0.0230. The normalized spacial score (nSPS) is 44.7. The predicted molar refractivity (Wildman–Crippen MR) is 110 cm³/mol. The van der Waals surface area contributed by atoms with Gasteiger partial charge in [0.1, 0.15) is 12.2 Å². The first-order chi connectivity index (χ1) is 14.2. The van der Waals surface area contributed by atoms with Gasteiger partial charge in [-0.15, -0.1) is 0 Å². The average molecular weight is 418 g/mol. The van der Waals surface area contributed by atoms with Crippen molar-refractivity contribution < 1.29 is 29.6 Å². The van der Waals surface area contributed by atoms with Gasteiger partial charge in [-0.1, -0.05) is 31.2 Å². The third kappa shape index (κ3) is 3.51. The maximum absolute atomic E-state index is 13.4. The second-order valence-corrected chi connectivity index (χ2v) is 9.43. The van der Waals surface area contributed by atoms with Crippen molar-refractivity contribution in [3.63, 3.8) is 0 Å². The van der Waals surface area contributed by atoms with E-state index in [0.717, 1.165) is 12.0 Å². The lowest BCUT2D eigenvalue weighted by Gasteiger charge is -2.48. The first-order valence-electron chi connectivity index (χ1n) is 10.9. The number of nitrogens with zero attached hydrogens (tertiary/aromatic N) is 1.